The van der Waals surface area contributed by atoms with Gasteiger partial charge in [0.1, 0.15) is 5.82 Å². The second-order valence-electron chi connectivity index (χ2n) is 6.24. The van der Waals surface area contributed by atoms with E-state index < -0.39 is 15.9 Å². The number of benzene rings is 2. The first-order valence-electron chi connectivity index (χ1n) is 8.18. The van der Waals surface area contributed by atoms with Gasteiger partial charge in [0.05, 0.1) is 11.8 Å². The van der Waals surface area contributed by atoms with E-state index >= 15 is 0 Å². The lowest BCUT2D eigenvalue weighted by Gasteiger charge is -2.18. The average molecular weight is 404 g/mol. The zero-order valence-electron chi connectivity index (χ0n) is 14.6. The maximum Gasteiger partial charge on any atom is 0.252 e. The van der Waals surface area contributed by atoms with E-state index in [1.807, 2.05) is 17.5 Å². The SMILES string of the molecule is CS(=O)(=O)Cc1cccc(C(=O)NC(c2ccc(F)cc2)c2cccs2)c1. The number of hydrogen-bond acceptors (Lipinski definition) is 4. The van der Waals surface area contributed by atoms with E-state index in [0.717, 1.165) is 16.7 Å². The zero-order chi connectivity index (χ0) is 19.4. The van der Waals surface area contributed by atoms with Gasteiger partial charge in [-0.25, -0.2) is 12.8 Å². The molecule has 1 atom stereocenters. The van der Waals surface area contributed by atoms with Crippen LogP contribution in [0.25, 0.3) is 0 Å². The Bertz CT molecular complexity index is 1030. The largest absolute Gasteiger partial charge is 0.340 e. The van der Waals surface area contributed by atoms with Crippen LogP contribution in [0.15, 0.2) is 66.0 Å². The van der Waals surface area contributed by atoms with Gasteiger partial charge in [-0.2, -0.15) is 0 Å². The third kappa shape index (κ3) is 5.24. The molecule has 1 aromatic heterocycles. The molecule has 0 fully saturated rings. The number of carbonyl (C=O) groups is 1. The van der Waals surface area contributed by atoms with Crippen LogP contribution in [-0.2, 0) is 15.6 Å². The molecule has 3 aromatic rings. The average Bonchev–Trinajstić information content (AvgIpc) is 3.13. The van der Waals surface area contributed by atoms with Crippen molar-refractivity contribution in [3.63, 3.8) is 0 Å². The summed E-state index contributed by atoms with van der Waals surface area (Å²) in [5.74, 6) is -0.794. The Morgan fingerprint density at radius 1 is 1.11 bits per heavy atom. The molecule has 1 amide bonds. The molecular formula is C20H18FNO3S2. The normalized spacial score (nSPS) is 12.5. The Balaban J connectivity index is 1.87. The van der Waals surface area contributed by atoms with E-state index in [1.165, 1.54) is 23.5 Å². The van der Waals surface area contributed by atoms with Crippen molar-refractivity contribution in [1.29, 1.82) is 0 Å². The molecule has 0 spiro atoms. The van der Waals surface area contributed by atoms with Crippen LogP contribution in [0.5, 0.6) is 0 Å². The number of thiophene rings is 1. The molecular weight excluding hydrogens is 385 g/mol. The Kier molecular flexibility index (Phi) is 5.72. The van der Waals surface area contributed by atoms with Crippen LogP contribution in [0.2, 0.25) is 0 Å². The van der Waals surface area contributed by atoms with E-state index in [0.29, 0.717) is 11.1 Å². The van der Waals surface area contributed by atoms with Crippen molar-refractivity contribution in [2.45, 2.75) is 11.8 Å². The summed E-state index contributed by atoms with van der Waals surface area (Å²) in [6.45, 7) is 0. The van der Waals surface area contributed by atoms with E-state index in [-0.39, 0.29) is 17.5 Å². The third-order valence-electron chi connectivity index (χ3n) is 3.92. The molecule has 7 heteroatoms. The summed E-state index contributed by atoms with van der Waals surface area (Å²) in [4.78, 5) is 13.7. The van der Waals surface area contributed by atoms with Gasteiger partial charge >= 0.3 is 0 Å². The van der Waals surface area contributed by atoms with E-state index in [2.05, 4.69) is 5.32 Å². The molecule has 27 heavy (non-hydrogen) atoms. The summed E-state index contributed by atoms with van der Waals surface area (Å²) in [7, 11) is -3.19. The monoisotopic (exact) mass is 403 g/mol. The van der Waals surface area contributed by atoms with Crippen molar-refractivity contribution in [2.75, 3.05) is 6.26 Å². The summed E-state index contributed by atoms with van der Waals surface area (Å²) in [5, 5.41) is 4.87. The van der Waals surface area contributed by atoms with Gasteiger partial charge in [-0.3, -0.25) is 4.79 Å². The predicted octanol–water partition coefficient (Wildman–Crippen LogP) is 3.95. The standard InChI is InChI=1S/C20H18FNO3S2/c1-27(24,25)13-14-4-2-5-16(12-14)20(23)22-19(18-6-3-11-26-18)15-7-9-17(21)10-8-15/h2-12,19H,13H2,1H3,(H,22,23). The Morgan fingerprint density at radius 2 is 1.85 bits per heavy atom. The second-order valence-corrected chi connectivity index (χ2v) is 9.36. The van der Waals surface area contributed by atoms with Crippen LogP contribution in [-0.4, -0.2) is 20.6 Å². The highest BCUT2D eigenvalue weighted by Gasteiger charge is 2.19. The maximum absolute atomic E-state index is 13.3. The van der Waals surface area contributed by atoms with E-state index in [1.54, 1.807) is 36.4 Å². The van der Waals surface area contributed by atoms with Gasteiger partial charge in [0.25, 0.3) is 5.91 Å². The number of carbonyl (C=O) groups excluding carboxylic acids is 1. The fourth-order valence-corrected chi connectivity index (χ4v) is 4.34. The number of halogens is 1. The molecule has 1 unspecified atom stereocenters. The van der Waals surface area contributed by atoms with Crippen molar-refractivity contribution < 1.29 is 17.6 Å². The molecule has 0 aliphatic rings. The number of hydrogen-bond donors (Lipinski definition) is 1. The molecule has 3 rings (SSSR count). The zero-order valence-corrected chi connectivity index (χ0v) is 16.2. The summed E-state index contributed by atoms with van der Waals surface area (Å²) in [5.41, 5.74) is 1.69. The van der Waals surface area contributed by atoms with Crippen LogP contribution >= 0.6 is 11.3 Å². The highest BCUT2D eigenvalue weighted by Crippen LogP contribution is 2.26. The Hall–Kier alpha value is -2.51. The van der Waals surface area contributed by atoms with Crippen molar-refractivity contribution in [3.8, 4) is 0 Å². The molecule has 4 nitrogen and oxygen atoms in total. The van der Waals surface area contributed by atoms with Crippen molar-refractivity contribution in [1.82, 2.24) is 5.32 Å². The number of rotatable bonds is 6. The van der Waals surface area contributed by atoms with Crippen molar-refractivity contribution in [3.05, 3.63) is 93.4 Å². The molecule has 0 saturated carbocycles. The first kappa shape index (κ1) is 19.3. The van der Waals surface area contributed by atoms with Crippen molar-refractivity contribution >= 4 is 27.1 Å². The maximum atomic E-state index is 13.3. The molecule has 0 bridgehead atoms. The van der Waals surface area contributed by atoms with Gasteiger partial charge < -0.3 is 5.32 Å². The summed E-state index contributed by atoms with van der Waals surface area (Å²) in [6.07, 6.45) is 1.15. The minimum Gasteiger partial charge on any atom is -0.340 e. The van der Waals surface area contributed by atoms with Gasteiger partial charge in [-0.15, -0.1) is 11.3 Å². The van der Waals surface area contributed by atoms with Crippen LogP contribution in [0, 0.1) is 5.82 Å². The van der Waals surface area contributed by atoms with Crippen LogP contribution in [0.4, 0.5) is 4.39 Å². The van der Waals surface area contributed by atoms with Gasteiger partial charge in [0.2, 0.25) is 0 Å². The summed E-state index contributed by atoms with van der Waals surface area (Å²) in [6, 6.07) is 15.9. The topological polar surface area (TPSA) is 63.2 Å². The quantitative estimate of drug-likeness (QED) is 0.678. The van der Waals surface area contributed by atoms with Gasteiger partial charge in [0.15, 0.2) is 9.84 Å². The highest BCUT2D eigenvalue weighted by molar-refractivity contribution is 7.89. The fraction of sp³-hybridized carbons (Fsp3) is 0.150. The lowest BCUT2D eigenvalue weighted by Crippen LogP contribution is -2.29. The van der Waals surface area contributed by atoms with Crippen LogP contribution in [0.3, 0.4) is 0 Å². The molecule has 1 heterocycles. The molecule has 0 radical (unpaired) electrons. The first-order chi connectivity index (χ1) is 12.8. The van der Waals surface area contributed by atoms with Crippen LogP contribution < -0.4 is 5.32 Å². The molecule has 0 saturated heterocycles. The van der Waals surface area contributed by atoms with Gasteiger partial charge in [-0.1, -0.05) is 30.3 Å². The molecule has 1 N–H and O–H groups in total. The van der Waals surface area contributed by atoms with Gasteiger partial charge in [0, 0.05) is 16.7 Å². The summed E-state index contributed by atoms with van der Waals surface area (Å²) < 4.78 is 36.3. The lowest BCUT2D eigenvalue weighted by molar-refractivity contribution is 0.0943. The Labute approximate surface area is 161 Å². The molecule has 0 aliphatic carbocycles. The van der Waals surface area contributed by atoms with E-state index in [4.69, 9.17) is 0 Å². The smallest absolute Gasteiger partial charge is 0.252 e. The Morgan fingerprint density at radius 3 is 2.48 bits per heavy atom. The van der Waals surface area contributed by atoms with E-state index in [9.17, 15) is 17.6 Å². The van der Waals surface area contributed by atoms with Crippen LogP contribution in [0.1, 0.15) is 32.4 Å². The minimum atomic E-state index is -3.19. The molecule has 2 aromatic carbocycles. The number of sulfone groups is 1. The second kappa shape index (κ2) is 8.02. The fourth-order valence-electron chi connectivity index (χ4n) is 2.75. The van der Waals surface area contributed by atoms with Gasteiger partial charge in [-0.05, 0) is 46.8 Å². The predicted molar refractivity (Wildman–Crippen MR) is 105 cm³/mol. The minimum absolute atomic E-state index is 0.125. The van der Waals surface area contributed by atoms with Crippen molar-refractivity contribution in [2.24, 2.45) is 0 Å². The number of nitrogens with one attached hydrogen (secondary N) is 1. The first-order valence-corrected chi connectivity index (χ1v) is 11.1. The molecule has 0 aliphatic heterocycles. The summed E-state index contributed by atoms with van der Waals surface area (Å²) >= 11 is 1.49. The number of amides is 1. The third-order valence-corrected chi connectivity index (χ3v) is 5.72. The highest BCUT2D eigenvalue weighted by atomic mass is 32.2. The lowest BCUT2D eigenvalue weighted by atomic mass is 10.0. The molecule has 140 valence electrons.